The van der Waals surface area contributed by atoms with E-state index in [2.05, 4.69) is 22.9 Å². The number of phenols is 1. The molecular weight excluding hydrogens is 432 g/mol. The van der Waals surface area contributed by atoms with E-state index in [1.165, 1.54) is 11.1 Å². The zero-order valence-electron chi connectivity index (χ0n) is 21.1. The summed E-state index contributed by atoms with van der Waals surface area (Å²) in [5.41, 5.74) is 1.23. The average molecular weight is 471 g/mol. The molecule has 6 rings (SSSR count). The van der Waals surface area contributed by atoms with Crippen LogP contribution in [0.3, 0.4) is 0 Å². The van der Waals surface area contributed by atoms with Crippen LogP contribution in [0.1, 0.15) is 64.0 Å². The molecule has 2 aliphatic carbocycles. The van der Waals surface area contributed by atoms with Crippen LogP contribution in [0, 0.1) is 0 Å². The molecule has 0 amide bonds. The van der Waals surface area contributed by atoms with Gasteiger partial charge in [0.2, 0.25) is 0 Å². The number of ether oxygens (including phenoxy) is 3. The van der Waals surface area contributed by atoms with E-state index in [1.807, 2.05) is 27.9 Å². The number of carbonyl (C=O) groups excluding carboxylic acids is 1. The summed E-state index contributed by atoms with van der Waals surface area (Å²) in [6, 6.07) is 3.95. The summed E-state index contributed by atoms with van der Waals surface area (Å²) in [6.45, 7) is 7.62. The fraction of sp³-hybridized carbons (Fsp3) is 0.741. The Morgan fingerprint density at radius 1 is 1.21 bits per heavy atom. The second kappa shape index (κ2) is 7.34. The van der Waals surface area contributed by atoms with Gasteiger partial charge in [-0.15, -0.1) is 0 Å². The van der Waals surface area contributed by atoms with E-state index in [-0.39, 0.29) is 47.0 Å². The molecule has 186 valence electrons. The van der Waals surface area contributed by atoms with Crippen LogP contribution in [-0.2, 0) is 26.1 Å². The Kier molecular flexibility index (Phi) is 4.88. The summed E-state index contributed by atoms with van der Waals surface area (Å²) in [6.07, 6.45) is 5.26. The number of carbonyl (C=O) groups is 1. The van der Waals surface area contributed by atoms with Crippen LogP contribution >= 0.6 is 0 Å². The van der Waals surface area contributed by atoms with Gasteiger partial charge in [-0.3, -0.25) is 9.69 Å². The fourth-order valence-electron chi connectivity index (χ4n) is 8.26. The van der Waals surface area contributed by atoms with Gasteiger partial charge in [0.15, 0.2) is 11.5 Å². The molecule has 0 aromatic heterocycles. The van der Waals surface area contributed by atoms with Gasteiger partial charge in [0, 0.05) is 24.8 Å². The topological polar surface area (TPSA) is 71.5 Å². The number of phenolic OH excluding ortho intramolecular Hbond substituents is 1. The minimum Gasteiger partial charge on any atom is -0.504 e. The predicted molar refractivity (Wildman–Crippen MR) is 127 cm³/mol. The maximum atomic E-state index is 13.2. The van der Waals surface area contributed by atoms with Gasteiger partial charge in [-0.25, -0.2) is 0 Å². The van der Waals surface area contributed by atoms with Crippen LogP contribution in [0.4, 0.5) is 0 Å². The first-order chi connectivity index (χ1) is 16.1. The largest absolute Gasteiger partial charge is 0.504 e. The highest BCUT2D eigenvalue weighted by molar-refractivity contribution is 5.76. The number of hydrogen-bond acceptors (Lipinski definition) is 7. The van der Waals surface area contributed by atoms with Crippen molar-refractivity contribution in [1.29, 1.82) is 0 Å². The lowest BCUT2D eigenvalue weighted by molar-refractivity contribution is -0.213. The lowest BCUT2D eigenvalue weighted by Crippen LogP contribution is -2.78. The molecule has 0 radical (unpaired) electrons. The molecule has 1 saturated carbocycles. The average Bonchev–Trinajstić information content (AvgIpc) is 3.39. The molecule has 7 nitrogen and oxygen atoms in total. The van der Waals surface area contributed by atoms with E-state index >= 15 is 0 Å². The van der Waals surface area contributed by atoms with Gasteiger partial charge in [0.25, 0.3) is 0 Å². The number of piperidine rings is 1. The highest BCUT2D eigenvalue weighted by Crippen LogP contribution is 2.66. The SMILES string of the molecule is CO[C@@]12CCC(N3CCCC3C(=O)OC(C)(C)C)[C@@H]3Oc4c(O)ccc5c4[C@@]31CCN(C)C2C5. The summed E-state index contributed by atoms with van der Waals surface area (Å²) in [5.74, 6) is 0.732. The normalized spacial score (nSPS) is 39.0. The van der Waals surface area contributed by atoms with Gasteiger partial charge in [-0.1, -0.05) is 6.07 Å². The van der Waals surface area contributed by atoms with Crippen molar-refractivity contribution in [3.8, 4) is 11.5 Å². The van der Waals surface area contributed by atoms with E-state index in [0.717, 1.165) is 51.6 Å². The maximum Gasteiger partial charge on any atom is 0.323 e. The summed E-state index contributed by atoms with van der Waals surface area (Å²) in [4.78, 5) is 18.0. The Balaban J connectivity index is 1.45. The summed E-state index contributed by atoms with van der Waals surface area (Å²) < 4.78 is 19.2. The van der Waals surface area contributed by atoms with Crippen molar-refractivity contribution in [1.82, 2.24) is 9.80 Å². The van der Waals surface area contributed by atoms with Crippen LogP contribution in [0.2, 0.25) is 0 Å². The van der Waals surface area contributed by atoms with Crippen LogP contribution in [0.5, 0.6) is 11.5 Å². The van der Waals surface area contributed by atoms with Crippen molar-refractivity contribution in [2.75, 3.05) is 27.2 Å². The molecular formula is C27H38N2O5. The molecule has 6 atom stereocenters. The number of likely N-dealkylation sites (N-methyl/N-ethyl adjacent to an activating group) is 1. The minimum atomic E-state index is -0.507. The number of hydrogen-bond donors (Lipinski definition) is 1. The van der Waals surface area contributed by atoms with E-state index in [9.17, 15) is 9.90 Å². The molecule has 3 aliphatic heterocycles. The van der Waals surface area contributed by atoms with Crippen LogP contribution in [0.25, 0.3) is 0 Å². The van der Waals surface area contributed by atoms with Crippen LogP contribution in [-0.4, -0.2) is 83.6 Å². The molecule has 1 aromatic carbocycles. The number of aromatic hydroxyl groups is 1. The molecule has 7 heteroatoms. The summed E-state index contributed by atoms with van der Waals surface area (Å²) in [5, 5.41) is 10.9. The Labute approximate surface area is 202 Å². The fourth-order valence-corrected chi connectivity index (χ4v) is 8.26. The van der Waals surface area contributed by atoms with E-state index in [0.29, 0.717) is 5.75 Å². The molecule has 3 unspecified atom stereocenters. The maximum absolute atomic E-state index is 13.2. The molecule has 3 fully saturated rings. The van der Waals surface area contributed by atoms with Crippen LogP contribution < -0.4 is 4.74 Å². The highest BCUT2D eigenvalue weighted by atomic mass is 16.6. The van der Waals surface area contributed by atoms with Crippen LogP contribution in [0.15, 0.2) is 12.1 Å². The Morgan fingerprint density at radius 2 is 2.00 bits per heavy atom. The number of esters is 1. The zero-order valence-corrected chi connectivity index (χ0v) is 21.1. The number of likely N-dealkylation sites (tertiary alicyclic amines) is 2. The Morgan fingerprint density at radius 3 is 2.74 bits per heavy atom. The summed E-state index contributed by atoms with van der Waals surface area (Å²) >= 11 is 0. The van der Waals surface area contributed by atoms with Gasteiger partial charge < -0.3 is 24.2 Å². The molecule has 3 heterocycles. The van der Waals surface area contributed by atoms with Gasteiger partial charge in [0.05, 0.1) is 11.0 Å². The van der Waals surface area contributed by atoms with E-state index in [4.69, 9.17) is 14.2 Å². The molecule has 1 aromatic rings. The van der Waals surface area contributed by atoms with E-state index in [1.54, 1.807) is 6.07 Å². The van der Waals surface area contributed by atoms with Gasteiger partial charge in [0.1, 0.15) is 17.7 Å². The van der Waals surface area contributed by atoms with Crippen molar-refractivity contribution in [2.24, 2.45) is 0 Å². The second-order valence-corrected chi connectivity index (χ2v) is 12.0. The summed E-state index contributed by atoms with van der Waals surface area (Å²) in [7, 11) is 4.07. The minimum absolute atomic E-state index is 0.0742. The molecule has 5 aliphatic rings. The Hall–Kier alpha value is -1.83. The molecule has 1 spiro atoms. The number of rotatable bonds is 3. The van der Waals surface area contributed by atoms with E-state index < -0.39 is 5.60 Å². The van der Waals surface area contributed by atoms with Crippen molar-refractivity contribution in [3.63, 3.8) is 0 Å². The number of benzene rings is 1. The lowest BCUT2D eigenvalue weighted by atomic mass is 9.48. The molecule has 2 saturated heterocycles. The third-order valence-electron chi connectivity index (χ3n) is 9.42. The number of nitrogens with zero attached hydrogens (tertiary/aromatic N) is 2. The number of methoxy groups -OCH3 is 1. The van der Waals surface area contributed by atoms with Gasteiger partial charge >= 0.3 is 5.97 Å². The van der Waals surface area contributed by atoms with Crippen molar-refractivity contribution < 1.29 is 24.1 Å². The van der Waals surface area contributed by atoms with Gasteiger partial charge in [-0.05, 0) is 91.1 Å². The predicted octanol–water partition coefficient (Wildman–Crippen LogP) is 3.00. The zero-order chi connectivity index (χ0) is 24.0. The standard InChI is InChI=1S/C27H38N2O5/c1-25(2,3)34-24(31)18-7-6-13-29(18)17-10-11-27(32-5)20-15-16-8-9-19(30)22-21(16)26(27,23(17)33-22)12-14-28(20)4/h8-9,17-18,20,23,30H,6-7,10-15H2,1-5H3/t17?,18?,20?,23-,26-,27+/m0/s1. The quantitative estimate of drug-likeness (QED) is 0.681. The molecule has 1 N–H and O–H groups in total. The van der Waals surface area contributed by atoms with Crippen molar-refractivity contribution in [2.45, 2.75) is 100 Å². The first-order valence-corrected chi connectivity index (χ1v) is 12.9. The first-order valence-electron chi connectivity index (χ1n) is 12.9. The monoisotopic (exact) mass is 470 g/mol. The highest BCUT2D eigenvalue weighted by Gasteiger charge is 2.74. The third-order valence-corrected chi connectivity index (χ3v) is 9.42. The van der Waals surface area contributed by atoms with Crippen molar-refractivity contribution in [3.05, 3.63) is 23.3 Å². The second-order valence-electron chi connectivity index (χ2n) is 12.0. The lowest BCUT2D eigenvalue weighted by Gasteiger charge is -2.66. The van der Waals surface area contributed by atoms with Crippen molar-refractivity contribution >= 4 is 5.97 Å². The third kappa shape index (κ3) is 2.78. The molecule has 2 bridgehead atoms. The smallest absolute Gasteiger partial charge is 0.323 e. The molecule has 34 heavy (non-hydrogen) atoms. The first kappa shape index (κ1) is 22.6. The van der Waals surface area contributed by atoms with Gasteiger partial charge in [-0.2, -0.15) is 0 Å². The Bertz CT molecular complexity index is 1020.